The molecule has 0 saturated heterocycles. The third kappa shape index (κ3) is 4.47. The number of fused-ring (bicyclic) bond motifs is 1. The van der Waals surface area contributed by atoms with E-state index >= 15 is 0 Å². The molecule has 1 aliphatic rings. The van der Waals surface area contributed by atoms with Gasteiger partial charge in [-0.3, -0.25) is 0 Å². The summed E-state index contributed by atoms with van der Waals surface area (Å²) >= 11 is 6.04. The smallest absolute Gasteiger partial charge is 0.242 e. The molecule has 124 valence electrons. The van der Waals surface area contributed by atoms with Gasteiger partial charge in [0.1, 0.15) is 18.1 Å². The highest BCUT2D eigenvalue weighted by Gasteiger charge is 2.22. The Morgan fingerprint density at radius 3 is 2.55 bits per heavy atom. The van der Waals surface area contributed by atoms with Crippen molar-refractivity contribution in [1.82, 2.24) is 10.0 Å². The topological polar surface area (TPSA) is 85.9 Å². The molecule has 9 heteroatoms. The second kappa shape index (κ2) is 7.98. The van der Waals surface area contributed by atoms with Gasteiger partial charge in [0.15, 0.2) is 11.5 Å². The standard InChI is InChI=1S/C13H19ClN2O5S/c1-19-5-4-15-2-3-16-22(17,18)13-9-12-11(8-10(13)14)20-6-7-21-12/h8-9,15-16H,2-7H2,1H3. The van der Waals surface area contributed by atoms with E-state index in [0.29, 0.717) is 44.4 Å². The van der Waals surface area contributed by atoms with Gasteiger partial charge >= 0.3 is 0 Å². The summed E-state index contributed by atoms with van der Waals surface area (Å²) in [6, 6.07) is 2.85. The van der Waals surface area contributed by atoms with Crippen molar-refractivity contribution in [2.45, 2.75) is 4.90 Å². The molecule has 0 fully saturated rings. The Bertz CT molecular complexity index is 609. The van der Waals surface area contributed by atoms with Crippen LogP contribution in [0.15, 0.2) is 17.0 Å². The molecular formula is C13H19ClN2O5S. The predicted octanol–water partition coefficient (Wildman–Crippen LogP) is 0.625. The van der Waals surface area contributed by atoms with Gasteiger partial charge in [-0.1, -0.05) is 11.6 Å². The number of hydrogen-bond donors (Lipinski definition) is 2. The average Bonchev–Trinajstić information content (AvgIpc) is 2.50. The first-order valence-electron chi connectivity index (χ1n) is 6.83. The molecule has 0 radical (unpaired) electrons. The maximum absolute atomic E-state index is 12.3. The minimum absolute atomic E-state index is 0.0182. The third-order valence-electron chi connectivity index (χ3n) is 2.96. The Morgan fingerprint density at radius 2 is 1.86 bits per heavy atom. The largest absolute Gasteiger partial charge is 0.486 e. The Morgan fingerprint density at radius 1 is 1.18 bits per heavy atom. The number of methoxy groups -OCH3 is 1. The normalized spacial score (nSPS) is 14.1. The summed E-state index contributed by atoms with van der Waals surface area (Å²) in [5.74, 6) is 0.839. The van der Waals surface area contributed by atoms with Crippen molar-refractivity contribution in [3.05, 3.63) is 17.2 Å². The molecule has 22 heavy (non-hydrogen) atoms. The number of hydrogen-bond acceptors (Lipinski definition) is 6. The van der Waals surface area contributed by atoms with E-state index in [1.54, 1.807) is 7.11 Å². The zero-order valence-electron chi connectivity index (χ0n) is 12.2. The van der Waals surface area contributed by atoms with Crippen LogP contribution in [0.2, 0.25) is 5.02 Å². The van der Waals surface area contributed by atoms with Crippen LogP contribution < -0.4 is 19.5 Å². The van der Waals surface area contributed by atoms with Crippen LogP contribution in [0.5, 0.6) is 11.5 Å². The van der Waals surface area contributed by atoms with E-state index in [-0.39, 0.29) is 16.5 Å². The van der Waals surface area contributed by atoms with Crippen LogP contribution in [0.4, 0.5) is 0 Å². The minimum atomic E-state index is -3.71. The Labute approximate surface area is 134 Å². The molecule has 1 heterocycles. The van der Waals surface area contributed by atoms with Crippen molar-refractivity contribution in [2.75, 3.05) is 46.6 Å². The second-order valence-electron chi connectivity index (χ2n) is 4.57. The number of rotatable bonds is 8. The van der Waals surface area contributed by atoms with Crippen LogP contribution in [-0.4, -0.2) is 55.0 Å². The van der Waals surface area contributed by atoms with Gasteiger partial charge in [-0.15, -0.1) is 0 Å². The molecule has 0 aliphatic carbocycles. The lowest BCUT2D eigenvalue weighted by Crippen LogP contribution is -2.33. The molecule has 1 aromatic carbocycles. The van der Waals surface area contributed by atoms with Crippen molar-refractivity contribution in [3.8, 4) is 11.5 Å². The molecule has 0 spiro atoms. The van der Waals surface area contributed by atoms with E-state index < -0.39 is 10.0 Å². The molecule has 1 aliphatic heterocycles. The van der Waals surface area contributed by atoms with Crippen LogP contribution in [0.1, 0.15) is 0 Å². The summed E-state index contributed by atoms with van der Waals surface area (Å²) in [5.41, 5.74) is 0. The Hall–Kier alpha value is -1.06. The van der Waals surface area contributed by atoms with Crippen LogP contribution in [0.25, 0.3) is 0 Å². The molecule has 0 amide bonds. The molecule has 0 bridgehead atoms. The van der Waals surface area contributed by atoms with E-state index in [2.05, 4.69) is 10.0 Å². The Kier molecular flexibility index (Phi) is 6.27. The lowest BCUT2D eigenvalue weighted by atomic mass is 10.3. The lowest BCUT2D eigenvalue weighted by Gasteiger charge is -2.19. The number of benzene rings is 1. The fraction of sp³-hybridized carbons (Fsp3) is 0.538. The first kappa shape index (κ1) is 17.3. The van der Waals surface area contributed by atoms with Crippen molar-refractivity contribution >= 4 is 21.6 Å². The maximum Gasteiger partial charge on any atom is 0.242 e. The fourth-order valence-electron chi connectivity index (χ4n) is 1.90. The van der Waals surface area contributed by atoms with Crippen molar-refractivity contribution in [1.29, 1.82) is 0 Å². The van der Waals surface area contributed by atoms with Crippen LogP contribution in [-0.2, 0) is 14.8 Å². The van der Waals surface area contributed by atoms with Crippen molar-refractivity contribution in [3.63, 3.8) is 0 Å². The SMILES string of the molecule is COCCNCCNS(=O)(=O)c1cc2c(cc1Cl)OCCO2. The van der Waals surface area contributed by atoms with E-state index in [0.717, 1.165) is 0 Å². The number of ether oxygens (including phenoxy) is 3. The predicted molar refractivity (Wildman–Crippen MR) is 82.4 cm³/mol. The first-order valence-corrected chi connectivity index (χ1v) is 8.69. The molecule has 7 nitrogen and oxygen atoms in total. The zero-order valence-corrected chi connectivity index (χ0v) is 13.8. The monoisotopic (exact) mass is 350 g/mol. The number of sulfonamides is 1. The molecule has 0 saturated carbocycles. The Balaban J connectivity index is 2.00. The fourth-order valence-corrected chi connectivity index (χ4v) is 3.46. The van der Waals surface area contributed by atoms with Crippen LogP contribution in [0.3, 0.4) is 0 Å². The maximum atomic E-state index is 12.3. The minimum Gasteiger partial charge on any atom is -0.486 e. The second-order valence-corrected chi connectivity index (χ2v) is 6.71. The van der Waals surface area contributed by atoms with Gasteiger partial charge in [-0.05, 0) is 0 Å². The molecule has 2 N–H and O–H groups in total. The van der Waals surface area contributed by atoms with Crippen molar-refractivity contribution < 1.29 is 22.6 Å². The molecule has 0 atom stereocenters. The summed E-state index contributed by atoms with van der Waals surface area (Å²) in [4.78, 5) is -0.0182. The van der Waals surface area contributed by atoms with Crippen molar-refractivity contribution in [2.24, 2.45) is 0 Å². The highest BCUT2D eigenvalue weighted by atomic mass is 35.5. The molecule has 2 rings (SSSR count). The molecular weight excluding hydrogens is 332 g/mol. The lowest BCUT2D eigenvalue weighted by molar-refractivity contribution is 0.171. The number of halogens is 1. The van der Waals surface area contributed by atoms with Gasteiger partial charge in [-0.2, -0.15) is 0 Å². The van der Waals surface area contributed by atoms with Gasteiger partial charge in [0.2, 0.25) is 10.0 Å². The molecule has 0 aromatic heterocycles. The summed E-state index contributed by atoms with van der Waals surface area (Å²) in [6.07, 6.45) is 0. The summed E-state index contributed by atoms with van der Waals surface area (Å²) in [6.45, 7) is 2.76. The van der Waals surface area contributed by atoms with Gasteiger partial charge < -0.3 is 19.5 Å². The molecule has 1 aromatic rings. The van der Waals surface area contributed by atoms with E-state index in [1.807, 2.05) is 0 Å². The van der Waals surface area contributed by atoms with Gasteiger partial charge in [-0.25, -0.2) is 13.1 Å². The molecule has 0 unspecified atom stereocenters. The summed E-state index contributed by atoms with van der Waals surface area (Å²) < 4.78 is 42.7. The highest BCUT2D eigenvalue weighted by Crippen LogP contribution is 2.37. The van der Waals surface area contributed by atoms with E-state index in [9.17, 15) is 8.42 Å². The van der Waals surface area contributed by atoms with Crippen LogP contribution in [0, 0.1) is 0 Å². The highest BCUT2D eigenvalue weighted by molar-refractivity contribution is 7.89. The van der Waals surface area contributed by atoms with Gasteiger partial charge in [0, 0.05) is 38.9 Å². The number of nitrogens with one attached hydrogen (secondary N) is 2. The van der Waals surface area contributed by atoms with Crippen LogP contribution >= 0.6 is 11.6 Å². The average molecular weight is 351 g/mol. The third-order valence-corrected chi connectivity index (χ3v) is 4.89. The van der Waals surface area contributed by atoms with Gasteiger partial charge in [0.25, 0.3) is 0 Å². The van der Waals surface area contributed by atoms with Gasteiger partial charge in [0.05, 0.1) is 11.6 Å². The first-order chi connectivity index (χ1) is 10.5. The quantitative estimate of drug-likeness (QED) is 0.669. The summed E-state index contributed by atoms with van der Waals surface area (Å²) in [7, 11) is -2.10. The zero-order chi connectivity index (χ0) is 16.0. The van der Waals surface area contributed by atoms with E-state index in [4.69, 9.17) is 25.8 Å². The van der Waals surface area contributed by atoms with E-state index in [1.165, 1.54) is 12.1 Å². The summed E-state index contributed by atoms with van der Waals surface area (Å²) in [5, 5.41) is 3.15.